The van der Waals surface area contributed by atoms with Crippen molar-refractivity contribution in [3.63, 3.8) is 0 Å². The van der Waals surface area contributed by atoms with Gasteiger partial charge in [0, 0.05) is 68.5 Å². The van der Waals surface area contributed by atoms with Gasteiger partial charge in [0.2, 0.25) is 0 Å². The van der Waals surface area contributed by atoms with Crippen molar-refractivity contribution < 1.29 is 13.9 Å². The summed E-state index contributed by atoms with van der Waals surface area (Å²) < 4.78 is 25.5. The minimum absolute atomic E-state index is 0.198. The van der Waals surface area contributed by atoms with Gasteiger partial charge in [-0.15, -0.1) is 0 Å². The first-order chi connectivity index (χ1) is 16.9. The van der Waals surface area contributed by atoms with Crippen molar-refractivity contribution >= 4 is 11.5 Å². The molecule has 2 aliphatic rings. The van der Waals surface area contributed by atoms with Crippen LogP contribution in [-0.4, -0.2) is 61.6 Å². The third-order valence-corrected chi connectivity index (χ3v) is 7.34. The van der Waals surface area contributed by atoms with Crippen LogP contribution in [0.25, 0.3) is 11.1 Å². The maximum absolute atomic E-state index is 14.8. The molecule has 1 atom stereocenters. The van der Waals surface area contributed by atoms with E-state index in [1.54, 1.807) is 25.6 Å². The number of rotatable bonds is 10. The number of methoxy groups -OCH3 is 1. The summed E-state index contributed by atoms with van der Waals surface area (Å²) in [5, 5.41) is 10.7. The van der Waals surface area contributed by atoms with Crippen LogP contribution < -0.4 is 16.0 Å². The van der Waals surface area contributed by atoms with Crippen LogP contribution in [0.3, 0.4) is 0 Å². The van der Waals surface area contributed by atoms with Crippen LogP contribution in [0.2, 0.25) is 0 Å². The summed E-state index contributed by atoms with van der Waals surface area (Å²) in [6.07, 6.45) is 11.2. The van der Waals surface area contributed by atoms with E-state index in [0.29, 0.717) is 29.5 Å². The zero-order chi connectivity index (χ0) is 24.7. The Balaban J connectivity index is 1.36. The van der Waals surface area contributed by atoms with Gasteiger partial charge >= 0.3 is 0 Å². The molecule has 7 nitrogen and oxygen atoms in total. The van der Waals surface area contributed by atoms with Crippen LogP contribution in [0.1, 0.15) is 52.4 Å². The third-order valence-electron chi connectivity index (χ3n) is 7.34. The van der Waals surface area contributed by atoms with Crippen molar-refractivity contribution in [1.82, 2.24) is 15.3 Å². The van der Waals surface area contributed by atoms with E-state index in [1.807, 2.05) is 6.07 Å². The molecule has 0 amide bonds. The minimum atomic E-state index is -0.342. The molecule has 0 spiro atoms. The molecule has 2 aromatic rings. The van der Waals surface area contributed by atoms with Gasteiger partial charge in [-0.3, -0.25) is 4.98 Å². The molecule has 1 aliphatic carbocycles. The second-order valence-corrected chi connectivity index (χ2v) is 10.5. The minimum Gasteiger partial charge on any atom is -0.383 e. The predicted octanol–water partition coefficient (Wildman–Crippen LogP) is 4.86. The van der Waals surface area contributed by atoms with E-state index in [9.17, 15) is 4.39 Å². The Kier molecular flexibility index (Phi) is 8.92. The number of hydrogen-bond donors (Lipinski definition) is 3. The van der Waals surface area contributed by atoms with E-state index in [2.05, 4.69) is 39.8 Å². The first kappa shape index (κ1) is 25.8. The number of hydrogen-bond acceptors (Lipinski definition) is 7. The highest BCUT2D eigenvalue weighted by molar-refractivity contribution is 5.69. The number of nitrogens with one attached hydrogen (secondary N) is 3. The predicted molar refractivity (Wildman–Crippen MR) is 138 cm³/mol. The second-order valence-electron chi connectivity index (χ2n) is 10.5. The van der Waals surface area contributed by atoms with Gasteiger partial charge in [0.05, 0.1) is 18.5 Å². The third kappa shape index (κ3) is 7.35. The molecule has 0 bridgehead atoms. The number of pyridine rings is 2. The Hall–Kier alpha value is -2.29. The topological polar surface area (TPSA) is 80.3 Å². The highest BCUT2D eigenvalue weighted by Crippen LogP contribution is 2.31. The molecule has 0 radical (unpaired) electrons. The highest BCUT2D eigenvalue weighted by atomic mass is 19.1. The molecule has 2 fully saturated rings. The van der Waals surface area contributed by atoms with Crippen LogP contribution in [0.15, 0.2) is 30.7 Å². The van der Waals surface area contributed by atoms with E-state index in [0.717, 1.165) is 76.1 Å². The number of halogens is 1. The summed E-state index contributed by atoms with van der Waals surface area (Å²) in [5.41, 5.74) is 2.35. The largest absolute Gasteiger partial charge is 0.383 e. The van der Waals surface area contributed by atoms with Crippen molar-refractivity contribution in [2.24, 2.45) is 5.41 Å². The van der Waals surface area contributed by atoms with E-state index < -0.39 is 0 Å². The molecular weight excluding hydrogens is 445 g/mol. The van der Waals surface area contributed by atoms with Crippen LogP contribution in [0.5, 0.6) is 0 Å². The number of anilines is 2. The van der Waals surface area contributed by atoms with Crippen molar-refractivity contribution in [1.29, 1.82) is 0 Å². The molecule has 1 aliphatic heterocycles. The van der Waals surface area contributed by atoms with Crippen molar-refractivity contribution in [3.8, 4) is 11.1 Å². The lowest BCUT2D eigenvalue weighted by atomic mass is 9.82. The molecule has 3 heterocycles. The Labute approximate surface area is 208 Å². The average molecular weight is 486 g/mol. The zero-order valence-corrected chi connectivity index (χ0v) is 21.3. The van der Waals surface area contributed by atoms with Gasteiger partial charge in [-0.25, -0.2) is 9.37 Å². The Morgan fingerprint density at radius 1 is 1.11 bits per heavy atom. The second kappa shape index (κ2) is 12.1. The van der Waals surface area contributed by atoms with Crippen LogP contribution in [0.4, 0.5) is 15.9 Å². The fourth-order valence-corrected chi connectivity index (χ4v) is 5.09. The quantitative estimate of drug-likeness (QED) is 0.443. The van der Waals surface area contributed by atoms with Gasteiger partial charge in [0.25, 0.3) is 0 Å². The molecule has 1 saturated carbocycles. The van der Waals surface area contributed by atoms with Crippen LogP contribution >= 0.6 is 0 Å². The van der Waals surface area contributed by atoms with Gasteiger partial charge < -0.3 is 25.4 Å². The monoisotopic (exact) mass is 485 g/mol. The first-order valence-corrected chi connectivity index (χ1v) is 12.9. The maximum Gasteiger partial charge on any atom is 0.149 e. The van der Waals surface area contributed by atoms with Crippen LogP contribution in [-0.2, 0) is 9.47 Å². The van der Waals surface area contributed by atoms with Crippen molar-refractivity contribution in [2.45, 2.75) is 70.5 Å². The smallest absolute Gasteiger partial charge is 0.149 e. The summed E-state index contributed by atoms with van der Waals surface area (Å²) in [6, 6.07) is 4.98. The summed E-state index contributed by atoms with van der Waals surface area (Å²) in [7, 11) is 1.74. The molecule has 2 aromatic heterocycles. The van der Waals surface area contributed by atoms with Gasteiger partial charge in [-0.05, 0) is 63.0 Å². The van der Waals surface area contributed by atoms with Gasteiger partial charge in [0.15, 0.2) is 0 Å². The Morgan fingerprint density at radius 3 is 2.60 bits per heavy atom. The lowest BCUT2D eigenvalue weighted by molar-refractivity contribution is 0.0300. The summed E-state index contributed by atoms with van der Waals surface area (Å²) in [6.45, 7) is 7.61. The van der Waals surface area contributed by atoms with Gasteiger partial charge in [0.1, 0.15) is 11.6 Å². The Morgan fingerprint density at radius 2 is 1.86 bits per heavy atom. The molecule has 3 N–H and O–H groups in total. The molecule has 1 saturated heterocycles. The molecule has 35 heavy (non-hydrogen) atoms. The first-order valence-electron chi connectivity index (χ1n) is 12.9. The molecule has 0 aromatic carbocycles. The standard InChI is InChI=1S/C27H40FN5O2/c1-19(17-34-3)32-21-4-6-22(7-5-21)33-26-13-24(25(28)16-30-26)20-12-23(15-29-14-20)31-18-27(2)8-10-35-11-9-27/h12-16,19,21-22,31-32H,4-11,17-18H2,1-3H3,(H,30,33). The summed E-state index contributed by atoms with van der Waals surface area (Å²) in [5.74, 6) is 0.365. The molecule has 192 valence electrons. The fraction of sp³-hybridized carbons (Fsp3) is 0.630. The highest BCUT2D eigenvalue weighted by Gasteiger charge is 2.27. The van der Waals surface area contributed by atoms with Crippen molar-refractivity contribution in [3.05, 3.63) is 36.5 Å². The fourth-order valence-electron chi connectivity index (χ4n) is 5.09. The number of nitrogens with zero attached hydrogens (tertiary/aromatic N) is 2. The summed E-state index contributed by atoms with van der Waals surface area (Å²) >= 11 is 0. The molecule has 8 heteroatoms. The lowest BCUT2D eigenvalue weighted by Crippen LogP contribution is -2.42. The van der Waals surface area contributed by atoms with E-state index in [4.69, 9.17) is 9.47 Å². The zero-order valence-electron chi connectivity index (χ0n) is 21.3. The Bertz CT molecular complexity index is 945. The van der Waals surface area contributed by atoms with E-state index in [1.165, 1.54) is 6.20 Å². The molecular formula is C27H40FN5O2. The van der Waals surface area contributed by atoms with Gasteiger partial charge in [-0.2, -0.15) is 0 Å². The van der Waals surface area contributed by atoms with E-state index in [-0.39, 0.29) is 11.2 Å². The van der Waals surface area contributed by atoms with E-state index >= 15 is 0 Å². The molecule has 1 unspecified atom stereocenters. The normalized spacial score (nSPS) is 23.0. The summed E-state index contributed by atoms with van der Waals surface area (Å²) in [4.78, 5) is 8.68. The number of aromatic nitrogens is 2. The van der Waals surface area contributed by atoms with Gasteiger partial charge in [-0.1, -0.05) is 6.92 Å². The van der Waals surface area contributed by atoms with Crippen molar-refractivity contribution in [2.75, 3.05) is 44.1 Å². The lowest BCUT2D eigenvalue weighted by Gasteiger charge is -2.33. The molecule has 4 rings (SSSR count). The SMILES string of the molecule is COCC(C)NC1CCC(Nc2cc(-c3cncc(NCC4(C)CCOCC4)c3)c(F)cn2)CC1. The average Bonchev–Trinajstić information content (AvgIpc) is 2.86. The van der Waals surface area contributed by atoms with Crippen LogP contribution in [0, 0.1) is 11.2 Å². The number of ether oxygens (including phenoxy) is 2. The maximum atomic E-state index is 14.8.